The summed E-state index contributed by atoms with van der Waals surface area (Å²) in [6, 6.07) is 10.4. The average molecular weight is 355 g/mol. The molecule has 2 aromatic rings. The van der Waals surface area contributed by atoms with Crippen LogP contribution in [0.15, 0.2) is 42.6 Å². The Balaban J connectivity index is 1.73. The van der Waals surface area contributed by atoms with Gasteiger partial charge in [-0.05, 0) is 25.0 Å². The fourth-order valence-electron chi connectivity index (χ4n) is 3.20. The van der Waals surface area contributed by atoms with E-state index in [9.17, 15) is 14.9 Å². The number of benzene rings is 1. The maximum absolute atomic E-state index is 11.3. The Kier molecular flexibility index (Phi) is 5.31. The number of rotatable bonds is 6. The van der Waals surface area contributed by atoms with Gasteiger partial charge in [-0.2, -0.15) is 0 Å². The highest BCUT2D eigenvalue weighted by Gasteiger charge is 2.25. The normalized spacial score (nSPS) is 14.8. The molecule has 136 valence electrons. The first kappa shape index (κ1) is 17.7. The molecule has 1 aromatic heterocycles. The molecule has 1 aliphatic heterocycles. The number of nitrogens with one attached hydrogen (secondary N) is 1. The molecule has 1 saturated heterocycles. The lowest BCUT2D eigenvalue weighted by molar-refractivity contribution is -0.384. The molecule has 26 heavy (non-hydrogen) atoms. The number of para-hydroxylation sites is 2. The highest BCUT2D eigenvalue weighted by atomic mass is 16.6. The number of nitrogens with zero attached hydrogens (tertiary/aromatic N) is 3. The van der Waals surface area contributed by atoms with Gasteiger partial charge in [0.2, 0.25) is 5.91 Å². The van der Waals surface area contributed by atoms with E-state index in [2.05, 4.69) is 15.2 Å². The van der Waals surface area contributed by atoms with Crippen LogP contribution in [0, 0.1) is 16.0 Å². The van der Waals surface area contributed by atoms with E-state index in [1.807, 2.05) is 12.1 Å². The van der Waals surface area contributed by atoms with Crippen molar-refractivity contribution in [3.63, 3.8) is 0 Å². The first-order valence-electron chi connectivity index (χ1n) is 8.51. The molecule has 2 heterocycles. The topological polar surface area (TPSA) is 114 Å². The summed E-state index contributed by atoms with van der Waals surface area (Å²) in [6.45, 7) is 1.84. The molecule has 1 aromatic carbocycles. The third-order valence-corrected chi connectivity index (χ3v) is 4.63. The Hall–Kier alpha value is -3.16. The summed E-state index contributed by atoms with van der Waals surface area (Å²) in [5.41, 5.74) is 6.86. The largest absolute Gasteiger partial charge is 0.375 e. The van der Waals surface area contributed by atoms with Crippen LogP contribution in [0.5, 0.6) is 0 Å². The number of piperidine rings is 1. The quantitative estimate of drug-likeness (QED) is 0.607. The van der Waals surface area contributed by atoms with E-state index < -0.39 is 4.92 Å². The monoisotopic (exact) mass is 355 g/mol. The van der Waals surface area contributed by atoms with Crippen molar-refractivity contribution in [3.05, 3.63) is 58.3 Å². The van der Waals surface area contributed by atoms with Crippen molar-refractivity contribution < 1.29 is 9.72 Å². The number of nitro benzene ring substituents is 1. The van der Waals surface area contributed by atoms with Gasteiger partial charge in [-0.3, -0.25) is 14.9 Å². The van der Waals surface area contributed by atoms with Crippen LogP contribution in [0.3, 0.4) is 0 Å². The maximum atomic E-state index is 11.3. The molecule has 1 fully saturated rings. The molecule has 0 atom stereocenters. The molecule has 0 bridgehead atoms. The van der Waals surface area contributed by atoms with Crippen LogP contribution in [-0.4, -0.2) is 28.9 Å². The van der Waals surface area contributed by atoms with Crippen molar-refractivity contribution in [1.82, 2.24) is 4.98 Å². The van der Waals surface area contributed by atoms with E-state index >= 15 is 0 Å². The van der Waals surface area contributed by atoms with Crippen molar-refractivity contribution in [2.45, 2.75) is 19.4 Å². The molecule has 8 nitrogen and oxygen atoms in total. The zero-order valence-electron chi connectivity index (χ0n) is 14.3. The van der Waals surface area contributed by atoms with Crippen LogP contribution in [0.2, 0.25) is 0 Å². The predicted octanol–water partition coefficient (Wildman–Crippen LogP) is 2.30. The van der Waals surface area contributed by atoms with Gasteiger partial charge >= 0.3 is 0 Å². The summed E-state index contributed by atoms with van der Waals surface area (Å²) in [5, 5.41) is 14.3. The number of amides is 1. The summed E-state index contributed by atoms with van der Waals surface area (Å²) >= 11 is 0. The number of hydrogen-bond donors (Lipinski definition) is 2. The van der Waals surface area contributed by atoms with Gasteiger partial charge in [0.25, 0.3) is 5.69 Å². The number of aromatic nitrogens is 1. The lowest BCUT2D eigenvalue weighted by Crippen LogP contribution is -2.39. The molecular weight excluding hydrogens is 334 g/mol. The number of primary amides is 1. The molecule has 1 amide bonds. The van der Waals surface area contributed by atoms with Gasteiger partial charge in [-0.1, -0.05) is 18.2 Å². The average Bonchev–Trinajstić information content (AvgIpc) is 2.67. The Morgan fingerprint density at radius 2 is 2.00 bits per heavy atom. The van der Waals surface area contributed by atoms with Crippen LogP contribution >= 0.6 is 0 Å². The zero-order chi connectivity index (χ0) is 18.5. The molecule has 0 unspecified atom stereocenters. The molecule has 8 heteroatoms. The number of nitrogens with two attached hydrogens (primary N) is 1. The number of pyridine rings is 1. The third-order valence-electron chi connectivity index (χ3n) is 4.63. The van der Waals surface area contributed by atoms with Crippen LogP contribution in [0.4, 0.5) is 17.2 Å². The smallest absolute Gasteiger partial charge is 0.292 e. The number of carbonyl (C=O) groups excluding carboxylic acids is 1. The summed E-state index contributed by atoms with van der Waals surface area (Å²) in [4.78, 5) is 28.7. The first-order valence-corrected chi connectivity index (χ1v) is 8.51. The van der Waals surface area contributed by atoms with Gasteiger partial charge < -0.3 is 16.0 Å². The molecule has 0 radical (unpaired) electrons. The van der Waals surface area contributed by atoms with E-state index in [0.717, 1.165) is 11.4 Å². The standard InChI is InChI=1S/C18H21N5O3/c19-17(24)13-7-10-22(11-8-13)18-14(4-3-9-20-18)12-21-15-5-1-2-6-16(15)23(25)26/h1-6,9,13,21H,7-8,10-12H2,(H2,19,24). The number of hydrogen-bond acceptors (Lipinski definition) is 6. The SMILES string of the molecule is NC(=O)C1CCN(c2ncccc2CNc2ccccc2[N+](=O)[O-])CC1. The van der Waals surface area contributed by atoms with Crippen molar-refractivity contribution in [2.24, 2.45) is 11.7 Å². The van der Waals surface area contributed by atoms with Crippen LogP contribution in [0.25, 0.3) is 0 Å². The Labute approximate surface area is 151 Å². The van der Waals surface area contributed by atoms with Gasteiger partial charge in [0.15, 0.2) is 0 Å². The van der Waals surface area contributed by atoms with Crippen molar-refractivity contribution >= 4 is 23.1 Å². The van der Waals surface area contributed by atoms with E-state index in [0.29, 0.717) is 38.2 Å². The van der Waals surface area contributed by atoms with Crippen molar-refractivity contribution in [3.8, 4) is 0 Å². The highest BCUT2D eigenvalue weighted by molar-refractivity contribution is 5.77. The highest BCUT2D eigenvalue weighted by Crippen LogP contribution is 2.27. The summed E-state index contributed by atoms with van der Waals surface area (Å²) in [7, 11) is 0. The summed E-state index contributed by atoms with van der Waals surface area (Å²) in [6.07, 6.45) is 3.15. The van der Waals surface area contributed by atoms with Gasteiger partial charge in [0, 0.05) is 43.4 Å². The molecule has 0 saturated carbocycles. The number of carbonyl (C=O) groups is 1. The number of anilines is 2. The third kappa shape index (κ3) is 3.90. The molecule has 0 aliphatic carbocycles. The minimum absolute atomic E-state index is 0.0419. The summed E-state index contributed by atoms with van der Waals surface area (Å²) < 4.78 is 0. The van der Waals surface area contributed by atoms with E-state index in [4.69, 9.17) is 5.73 Å². The Bertz CT molecular complexity index is 803. The van der Waals surface area contributed by atoms with Crippen molar-refractivity contribution in [2.75, 3.05) is 23.3 Å². The Morgan fingerprint density at radius 1 is 1.27 bits per heavy atom. The summed E-state index contributed by atoms with van der Waals surface area (Å²) in [5.74, 6) is 0.508. The first-order chi connectivity index (χ1) is 12.6. The zero-order valence-corrected chi connectivity index (χ0v) is 14.3. The second-order valence-corrected chi connectivity index (χ2v) is 6.28. The minimum Gasteiger partial charge on any atom is -0.375 e. The van der Waals surface area contributed by atoms with Crippen LogP contribution in [0.1, 0.15) is 18.4 Å². The van der Waals surface area contributed by atoms with Crippen LogP contribution in [-0.2, 0) is 11.3 Å². The second kappa shape index (κ2) is 7.81. The van der Waals surface area contributed by atoms with Crippen LogP contribution < -0.4 is 16.0 Å². The van der Waals surface area contributed by atoms with Crippen molar-refractivity contribution in [1.29, 1.82) is 0 Å². The fraction of sp³-hybridized carbons (Fsp3) is 0.333. The molecule has 3 N–H and O–H groups in total. The molecule has 1 aliphatic rings. The van der Waals surface area contributed by atoms with Gasteiger partial charge in [-0.15, -0.1) is 0 Å². The minimum atomic E-state index is -0.402. The lowest BCUT2D eigenvalue weighted by atomic mass is 9.96. The van der Waals surface area contributed by atoms with Gasteiger partial charge in [-0.25, -0.2) is 4.98 Å². The second-order valence-electron chi connectivity index (χ2n) is 6.28. The van der Waals surface area contributed by atoms with Gasteiger partial charge in [0.1, 0.15) is 11.5 Å². The molecular formula is C18H21N5O3. The van der Waals surface area contributed by atoms with E-state index in [1.165, 1.54) is 6.07 Å². The fourth-order valence-corrected chi connectivity index (χ4v) is 3.20. The molecule has 0 spiro atoms. The van der Waals surface area contributed by atoms with E-state index in [-0.39, 0.29) is 17.5 Å². The maximum Gasteiger partial charge on any atom is 0.292 e. The van der Waals surface area contributed by atoms with E-state index in [1.54, 1.807) is 24.4 Å². The molecule has 3 rings (SSSR count). The lowest BCUT2D eigenvalue weighted by Gasteiger charge is -2.32. The number of nitro groups is 1. The van der Waals surface area contributed by atoms with Gasteiger partial charge in [0.05, 0.1) is 4.92 Å². The Morgan fingerprint density at radius 3 is 2.69 bits per heavy atom. The predicted molar refractivity (Wildman–Crippen MR) is 98.8 cm³/mol.